The van der Waals surface area contributed by atoms with E-state index in [9.17, 15) is 22.8 Å². The molecule has 1 fully saturated rings. The van der Waals surface area contributed by atoms with Crippen molar-refractivity contribution in [1.29, 1.82) is 0 Å². The minimum Gasteiger partial charge on any atom is -0.493 e. The van der Waals surface area contributed by atoms with Gasteiger partial charge in [-0.05, 0) is 31.0 Å². The number of hydrogen-bond acceptors (Lipinski definition) is 4. The number of benzene rings is 1. The Morgan fingerprint density at radius 3 is 2.31 bits per heavy atom. The molecule has 1 aromatic rings. The molecule has 1 heterocycles. The van der Waals surface area contributed by atoms with Crippen molar-refractivity contribution in [3.63, 3.8) is 0 Å². The van der Waals surface area contributed by atoms with Crippen LogP contribution in [0.2, 0.25) is 0 Å². The maximum Gasteiger partial charge on any atom is 0.405 e. The first-order chi connectivity index (χ1) is 12.2. The zero-order valence-electron chi connectivity index (χ0n) is 14.6. The molecule has 26 heavy (non-hydrogen) atoms. The first-order valence-corrected chi connectivity index (χ1v) is 8.11. The van der Waals surface area contributed by atoms with Gasteiger partial charge in [0.15, 0.2) is 11.5 Å². The highest BCUT2D eigenvalue weighted by atomic mass is 19.4. The second kappa shape index (κ2) is 8.29. The Balaban J connectivity index is 1.93. The molecule has 0 radical (unpaired) electrons. The highest BCUT2D eigenvalue weighted by Crippen LogP contribution is 2.29. The third kappa shape index (κ3) is 5.03. The summed E-state index contributed by atoms with van der Waals surface area (Å²) in [6.45, 7) is -0.731. The van der Waals surface area contributed by atoms with Gasteiger partial charge in [-0.1, -0.05) is 0 Å². The van der Waals surface area contributed by atoms with Crippen LogP contribution >= 0.6 is 0 Å². The van der Waals surface area contributed by atoms with Crippen LogP contribution in [-0.4, -0.2) is 56.7 Å². The van der Waals surface area contributed by atoms with Crippen molar-refractivity contribution >= 4 is 11.8 Å². The smallest absolute Gasteiger partial charge is 0.405 e. The fourth-order valence-corrected chi connectivity index (χ4v) is 2.83. The summed E-state index contributed by atoms with van der Waals surface area (Å²) < 4.78 is 46.8. The molecule has 0 atom stereocenters. The number of amides is 2. The van der Waals surface area contributed by atoms with Crippen molar-refractivity contribution < 1.29 is 32.2 Å². The fraction of sp³-hybridized carbons (Fsp3) is 0.529. The monoisotopic (exact) mass is 374 g/mol. The lowest BCUT2D eigenvalue weighted by molar-refractivity contribution is -0.141. The molecule has 0 bridgehead atoms. The normalized spacial score (nSPS) is 15.5. The van der Waals surface area contributed by atoms with Gasteiger partial charge in [0.05, 0.1) is 14.2 Å². The van der Waals surface area contributed by atoms with Crippen LogP contribution in [0.5, 0.6) is 11.5 Å². The van der Waals surface area contributed by atoms with Gasteiger partial charge in [-0.3, -0.25) is 9.59 Å². The Labute approximate surface area is 149 Å². The molecule has 0 unspecified atom stereocenters. The summed E-state index contributed by atoms with van der Waals surface area (Å²) in [6, 6.07) is 4.82. The van der Waals surface area contributed by atoms with Gasteiger partial charge >= 0.3 is 6.18 Å². The molecule has 1 aliphatic rings. The number of alkyl halides is 3. The molecular weight excluding hydrogens is 353 g/mol. The van der Waals surface area contributed by atoms with E-state index in [1.807, 2.05) is 5.32 Å². The summed E-state index contributed by atoms with van der Waals surface area (Å²) in [5.41, 5.74) is 0.419. The zero-order chi connectivity index (χ0) is 19.3. The second-order valence-corrected chi connectivity index (χ2v) is 5.97. The second-order valence-electron chi connectivity index (χ2n) is 5.97. The van der Waals surface area contributed by atoms with Crippen molar-refractivity contribution in [2.45, 2.75) is 19.0 Å². The molecule has 0 spiro atoms. The molecule has 2 rings (SSSR count). The number of carbonyl (C=O) groups excluding carboxylic acids is 2. The molecule has 1 saturated heterocycles. The average Bonchev–Trinajstić information content (AvgIpc) is 2.64. The lowest BCUT2D eigenvalue weighted by Crippen LogP contribution is -2.44. The third-order valence-corrected chi connectivity index (χ3v) is 4.25. The standard InChI is InChI=1S/C17H21F3N2O4/c1-25-13-4-3-12(9-14(13)26-2)16(24)22-7-5-11(6-8-22)15(23)21-10-17(18,19)20/h3-4,9,11H,5-8,10H2,1-2H3,(H,21,23). The van der Waals surface area contributed by atoms with E-state index in [1.54, 1.807) is 23.1 Å². The zero-order valence-corrected chi connectivity index (χ0v) is 14.6. The number of rotatable bonds is 5. The number of nitrogens with one attached hydrogen (secondary N) is 1. The number of hydrogen-bond donors (Lipinski definition) is 1. The lowest BCUT2D eigenvalue weighted by Gasteiger charge is -2.31. The van der Waals surface area contributed by atoms with Crippen molar-refractivity contribution in [3.05, 3.63) is 23.8 Å². The Morgan fingerprint density at radius 2 is 1.77 bits per heavy atom. The number of ether oxygens (including phenoxy) is 2. The summed E-state index contributed by atoms with van der Waals surface area (Å²) in [5.74, 6) is -0.434. The molecule has 0 aliphatic carbocycles. The van der Waals surface area contributed by atoms with Gasteiger partial charge in [0.1, 0.15) is 6.54 Å². The van der Waals surface area contributed by atoms with Crippen molar-refractivity contribution in [2.24, 2.45) is 5.92 Å². The minimum absolute atomic E-state index is 0.222. The molecule has 1 aromatic carbocycles. The number of halogens is 3. The molecule has 0 aromatic heterocycles. The van der Waals surface area contributed by atoms with E-state index in [1.165, 1.54) is 14.2 Å². The molecule has 6 nitrogen and oxygen atoms in total. The van der Waals surface area contributed by atoms with Crippen LogP contribution < -0.4 is 14.8 Å². The van der Waals surface area contributed by atoms with E-state index in [2.05, 4.69) is 0 Å². The largest absolute Gasteiger partial charge is 0.493 e. The highest BCUT2D eigenvalue weighted by Gasteiger charge is 2.32. The van der Waals surface area contributed by atoms with Gasteiger partial charge in [-0.25, -0.2) is 0 Å². The molecule has 1 aliphatic heterocycles. The molecule has 144 valence electrons. The molecule has 0 saturated carbocycles. The van der Waals surface area contributed by atoms with Gasteiger partial charge in [-0.2, -0.15) is 13.2 Å². The molecule has 1 N–H and O–H groups in total. The highest BCUT2D eigenvalue weighted by molar-refractivity contribution is 5.95. The van der Waals surface area contributed by atoms with Crippen molar-refractivity contribution in [2.75, 3.05) is 33.9 Å². The van der Waals surface area contributed by atoms with Crippen LogP contribution in [0.3, 0.4) is 0 Å². The van der Waals surface area contributed by atoms with E-state index in [4.69, 9.17) is 9.47 Å². The number of likely N-dealkylation sites (tertiary alicyclic amines) is 1. The van der Waals surface area contributed by atoms with Crippen LogP contribution in [0, 0.1) is 5.92 Å². The Bertz CT molecular complexity index is 656. The van der Waals surface area contributed by atoms with Crippen LogP contribution in [0.25, 0.3) is 0 Å². The number of piperidine rings is 1. The summed E-state index contributed by atoms with van der Waals surface area (Å²) >= 11 is 0. The van der Waals surface area contributed by atoms with Crippen molar-refractivity contribution in [3.8, 4) is 11.5 Å². The first kappa shape index (κ1) is 19.9. The van der Waals surface area contributed by atoms with Crippen LogP contribution in [-0.2, 0) is 4.79 Å². The minimum atomic E-state index is -4.43. The van der Waals surface area contributed by atoms with Crippen LogP contribution in [0.1, 0.15) is 23.2 Å². The fourth-order valence-electron chi connectivity index (χ4n) is 2.83. The van der Waals surface area contributed by atoms with Crippen LogP contribution in [0.4, 0.5) is 13.2 Å². The quantitative estimate of drug-likeness (QED) is 0.858. The average molecular weight is 374 g/mol. The van der Waals surface area contributed by atoms with Crippen LogP contribution in [0.15, 0.2) is 18.2 Å². The summed E-state index contributed by atoms with van der Waals surface area (Å²) in [6.07, 6.45) is -3.79. The van der Waals surface area contributed by atoms with Gasteiger partial charge in [0, 0.05) is 24.6 Å². The Morgan fingerprint density at radius 1 is 1.15 bits per heavy atom. The number of methoxy groups -OCH3 is 2. The molecule has 2 amide bonds. The molecule has 9 heteroatoms. The van der Waals surface area contributed by atoms with Gasteiger partial charge in [-0.15, -0.1) is 0 Å². The van der Waals surface area contributed by atoms with E-state index in [0.717, 1.165) is 0 Å². The van der Waals surface area contributed by atoms with Crippen molar-refractivity contribution in [1.82, 2.24) is 10.2 Å². The third-order valence-electron chi connectivity index (χ3n) is 4.25. The summed E-state index contributed by atoms with van der Waals surface area (Å²) in [5, 5.41) is 1.90. The Kier molecular flexibility index (Phi) is 6.33. The topological polar surface area (TPSA) is 67.9 Å². The van der Waals surface area contributed by atoms with Gasteiger partial charge < -0.3 is 19.7 Å². The van der Waals surface area contributed by atoms with E-state index < -0.39 is 24.5 Å². The predicted molar refractivity (Wildman–Crippen MR) is 87.2 cm³/mol. The maximum atomic E-state index is 12.6. The maximum absolute atomic E-state index is 12.6. The van der Waals surface area contributed by atoms with E-state index >= 15 is 0 Å². The SMILES string of the molecule is COc1ccc(C(=O)N2CCC(C(=O)NCC(F)(F)F)CC2)cc1OC. The van der Waals surface area contributed by atoms with Gasteiger partial charge in [0.25, 0.3) is 5.91 Å². The first-order valence-electron chi connectivity index (χ1n) is 8.11. The Hall–Kier alpha value is -2.45. The van der Waals surface area contributed by atoms with E-state index in [-0.39, 0.29) is 5.91 Å². The van der Waals surface area contributed by atoms with E-state index in [0.29, 0.717) is 43.0 Å². The predicted octanol–water partition coefficient (Wildman–Crippen LogP) is 2.23. The summed E-state index contributed by atoms with van der Waals surface area (Å²) in [7, 11) is 2.96. The number of nitrogens with zero attached hydrogens (tertiary/aromatic N) is 1. The number of carbonyl (C=O) groups is 2. The molecular formula is C17H21F3N2O4. The lowest BCUT2D eigenvalue weighted by atomic mass is 9.95. The van der Waals surface area contributed by atoms with Gasteiger partial charge in [0.2, 0.25) is 5.91 Å². The summed E-state index contributed by atoms with van der Waals surface area (Å²) in [4.78, 5) is 26.0.